The van der Waals surface area contributed by atoms with E-state index < -0.39 is 17.6 Å². The molecule has 162 valence electrons. The van der Waals surface area contributed by atoms with Gasteiger partial charge in [-0.1, -0.05) is 66.7 Å². The quantitative estimate of drug-likeness (QED) is 0.474. The minimum Gasteiger partial charge on any atom is -0.345 e. The van der Waals surface area contributed by atoms with Crippen molar-refractivity contribution in [3.05, 3.63) is 113 Å². The number of nitrogens with zero attached hydrogens (tertiary/aromatic N) is 2. The number of aliphatic imine (C=N–C) groups is 1. The van der Waals surface area contributed by atoms with Gasteiger partial charge in [-0.05, 0) is 24.6 Å². The minimum absolute atomic E-state index is 0.134. The van der Waals surface area contributed by atoms with Crippen molar-refractivity contribution in [3.8, 4) is 6.07 Å². The molecule has 33 heavy (non-hydrogen) atoms. The van der Waals surface area contributed by atoms with Gasteiger partial charge in [0, 0.05) is 11.1 Å². The van der Waals surface area contributed by atoms with Crippen molar-refractivity contribution >= 4 is 23.3 Å². The molecule has 0 spiro atoms. The molecule has 6 nitrogen and oxygen atoms in total. The van der Waals surface area contributed by atoms with E-state index in [2.05, 4.69) is 15.6 Å². The number of fused-ring (bicyclic) bond motifs is 1. The molecule has 2 N–H and O–H groups in total. The van der Waals surface area contributed by atoms with Gasteiger partial charge in [-0.15, -0.1) is 0 Å². The fourth-order valence-corrected chi connectivity index (χ4v) is 3.54. The number of amides is 2. The van der Waals surface area contributed by atoms with Crippen LogP contribution in [0.15, 0.2) is 89.4 Å². The molecule has 0 fully saturated rings. The van der Waals surface area contributed by atoms with Crippen molar-refractivity contribution in [1.29, 1.82) is 5.26 Å². The van der Waals surface area contributed by atoms with E-state index in [4.69, 9.17) is 0 Å². The van der Waals surface area contributed by atoms with Gasteiger partial charge in [-0.25, -0.2) is 9.38 Å². The number of hydrogen-bond acceptors (Lipinski definition) is 4. The number of nitrogens with one attached hydrogen (secondary N) is 2. The Morgan fingerprint density at radius 3 is 2.27 bits per heavy atom. The van der Waals surface area contributed by atoms with Crippen LogP contribution in [-0.2, 0) is 4.79 Å². The molecule has 7 heteroatoms. The zero-order chi connectivity index (χ0) is 23.4. The minimum atomic E-state index is -0.677. The number of halogens is 1. The summed E-state index contributed by atoms with van der Waals surface area (Å²) in [5.74, 6) is -1.78. The predicted octanol–water partition coefficient (Wildman–Crippen LogP) is 4.13. The van der Waals surface area contributed by atoms with E-state index >= 15 is 0 Å². The van der Waals surface area contributed by atoms with Crippen LogP contribution in [0.1, 0.15) is 40.0 Å². The summed E-state index contributed by atoms with van der Waals surface area (Å²) in [5, 5.41) is 15.2. The molecule has 0 saturated carbocycles. The summed E-state index contributed by atoms with van der Waals surface area (Å²) < 4.78 is 14.0. The van der Waals surface area contributed by atoms with Gasteiger partial charge in [-0.3, -0.25) is 9.59 Å². The molecule has 0 bridgehead atoms. The van der Waals surface area contributed by atoms with Crippen molar-refractivity contribution in [2.75, 3.05) is 0 Å². The smallest absolute Gasteiger partial charge is 0.264 e. The zero-order valence-corrected chi connectivity index (χ0v) is 17.7. The average molecular weight is 438 g/mol. The molecule has 1 aliphatic rings. The maximum absolute atomic E-state index is 14.0. The predicted molar refractivity (Wildman–Crippen MR) is 122 cm³/mol. The van der Waals surface area contributed by atoms with E-state index in [1.165, 1.54) is 18.2 Å². The SMILES string of the molecule is CC(NC(=O)C(C#N)=C1N=C(NC(=O)c2ccccc2F)c2ccccc21)c1ccccc1. The number of carbonyl (C=O) groups excluding carboxylic acids is 2. The van der Waals surface area contributed by atoms with E-state index in [1.807, 2.05) is 43.3 Å². The standard InChI is InChI=1S/C26H19FN4O2/c1-16(17-9-3-2-4-10-17)29-26(33)21(15-28)23-18-11-5-6-12-19(18)24(30-23)31-25(32)20-13-7-8-14-22(20)27/h2-14,16H,1H3,(H,29,33)(H,30,31,32). The van der Waals surface area contributed by atoms with Gasteiger partial charge in [-0.2, -0.15) is 5.26 Å². The lowest BCUT2D eigenvalue weighted by atomic mass is 10.0. The molecule has 3 aromatic carbocycles. The maximum Gasteiger partial charge on any atom is 0.264 e. The number of rotatable bonds is 4. The van der Waals surface area contributed by atoms with Gasteiger partial charge in [0.15, 0.2) is 0 Å². The van der Waals surface area contributed by atoms with Gasteiger partial charge in [0.1, 0.15) is 23.3 Å². The third-order valence-corrected chi connectivity index (χ3v) is 5.23. The van der Waals surface area contributed by atoms with Crippen LogP contribution < -0.4 is 10.6 Å². The first-order valence-electron chi connectivity index (χ1n) is 10.2. The maximum atomic E-state index is 14.0. The van der Waals surface area contributed by atoms with Crippen LogP contribution in [0.2, 0.25) is 0 Å². The first-order valence-corrected chi connectivity index (χ1v) is 10.2. The Kier molecular flexibility index (Phi) is 6.09. The molecule has 1 atom stereocenters. The van der Waals surface area contributed by atoms with Gasteiger partial charge in [0.25, 0.3) is 11.8 Å². The highest BCUT2D eigenvalue weighted by molar-refractivity contribution is 6.20. The number of nitriles is 1. The molecule has 0 aromatic heterocycles. The molecule has 2 amide bonds. The molecular formula is C26H19FN4O2. The van der Waals surface area contributed by atoms with Crippen LogP contribution in [-0.4, -0.2) is 17.6 Å². The molecule has 4 rings (SSSR count). The van der Waals surface area contributed by atoms with E-state index in [9.17, 15) is 19.2 Å². The fraction of sp³-hybridized carbons (Fsp3) is 0.0769. The van der Waals surface area contributed by atoms with E-state index in [0.717, 1.165) is 5.56 Å². The lowest BCUT2D eigenvalue weighted by molar-refractivity contribution is -0.117. The number of carbonyl (C=O) groups is 2. The van der Waals surface area contributed by atoms with Crippen molar-refractivity contribution in [2.24, 2.45) is 4.99 Å². The zero-order valence-electron chi connectivity index (χ0n) is 17.7. The Morgan fingerprint density at radius 1 is 0.939 bits per heavy atom. The van der Waals surface area contributed by atoms with Gasteiger partial charge in [0.05, 0.1) is 17.3 Å². The normalized spacial score (nSPS) is 14.4. The molecule has 1 unspecified atom stereocenters. The molecule has 0 radical (unpaired) electrons. The highest BCUT2D eigenvalue weighted by atomic mass is 19.1. The summed E-state index contributed by atoms with van der Waals surface area (Å²) in [7, 11) is 0. The Balaban J connectivity index is 1.67. The lowest BCUT2D eigenvalue weighted by Crippen LogP contribution is -2.31. The highest BCUT2D eigenvalue weighted by Crippen LogP contribution is 2.31. The average Bonchev–Trinajstić information content (AvgIpc) is 3.18. The second kappa shape index (κ2) is 9.28. The summed E-state index contributed by atoms with van der Waals surface area (Å²) in [6.45, 7) is 1.82. The molecule has 1 heterocycles. The molecule has 0 saturated heterocycles. The monoisotopic (exact) mass is 438 g/mol. The Hall–Kier alpha value is -4.57. The van der Waals surface area contributed by atoms with Crippen LogP contribution >= 0.6 is 0 Å². The topological polar surface area (TPSA) is 94.3 Å². The van der Waals surface area contributed by atoms with Crippen LogP contribution in [0, 0.1) is 17.1 Å². The number of hydrogen-bond donors (Lipinski definition) is 2. The van der Waals surface area contributed by atoms with Crippen LogP contribution in [0.5, 0.6) is 0 Å². The largest absolute Gasteiger partial charge is 0.345 e. The number of amidine groups is 1. The summed E-state index contributed by atoms with van der Waals surface area (Å²) >= 11 is 0. The number of benzene rings is 3. The lowest BCUT2D eigenvalue weighted by Gasteiger charge is -2.14. The summed E-state index contributed by atoms with van der Waals surface area (Å²) in [6.07, 6.45) is 0. The highest BCUT2D eigenvalue weighted by Gasteiger charge is 2.28. The van der Waals surface area contributed by atoms with Gasteiger partial charge < -0.3 is 10.6 Å². The van der Waals surface area contributed by atoms with Crippen LogP contribution in [0.25, 0.3) is 5.70 Å². The molecule has 3 aromatic rings. The summed E-state index contributed by atoms with van der Waals surface area (Å²) in [6, 6.07) is 23.5. The Morgan fingerprint density at radius 2 is 1.58 bits per heavy atom. The Bertz CT molecular complexity index is 1340. The second-order valence-corrected chi connectivity index (χ2v) is 7.38. The third kappa shape index (κ3) is 4.41. The van der Waals surface area contributed by atoms with E-state index in [1.54, 1.807) is 30.3 Å². The van der Waals surface area contributed by atoms with Gasteiger partial charge in [0.2, 0.25) is 0 Å². The van der Waals surface area contributed by atoms with Crippen molar-refractivity contribution in [1.82, 2.24) is 10.6 Å². The van der Waals surface area contributed by atoms with Crippen molar-refractivity contribution < 1.29 is 14.0 Å². The van der Waals surface area contributed by atoms with E-state index in [-0.39, 0.29) is 28.7 Å². The molecular weight excluding hydrogens is 419 g/mol. The summed E-state index contributed by atoms with van der Waals surface area (Å²) in [5.41, 5.74) is 1.79. The van der Waals surface area contributed by atoms with Crippen molar-refractivity contribution in [2.45, 2.75) is 13.0 Å². The van der Waals surface area contributed by atoms with Gasteiger partial charge >= 0.3 is 0 Å². The van der Waals surface area contributed by atoms with E-state index in [0.29, 0.717) is 11.1 Å². The van der Waals surface area contributed by atoms with Crippen molar-refractivity contribution in [3.63, 3.8) is 0 Å². The first kappa shape index (κ1) is 21.7. The first-order chi connectivity index (χ1) is 16.0. The Labute approximate surface area is 190 Å². The van der Waals surface area contributed by atoms with Crippen LogP contribution in [0.3, 0.4) is 0 Å². The third-order valence-electron chi connectivity index (χ3n) is 5.23. The summed E-state index contributed by atoms with van der Waals surface area (Å²) in [4.78, 5) is 30.0. The van der Waals surface area contributed by atoms with Crippen LogP contribution in [0.4, 0.5) is 4.39 Å². The second-order valence-electron chi connectivity index (χ2n) is 7.38. The fourth-order valence-electron chi connectivity index (χ4n) is 3.54. The molecule has 1 aliphatic heterocycles. The molecule has 0 aliphatic carbocycles.